The number of esters is 1. The van der Waals surface area contributed by atoms with E-state index in [2.05, 4.69) is 10.3 Å². The second-order valence-corrected chi connectivity index (χ2v) is 3.49. The van der Waals surface area contributed by atoms with E-state index in [9.17, 15) is 4.79 Å². The maximum Gasteiger partial charge on any atom is 0.331 e. The molecular weight excluding hydrogens is 168 g/mol. The fraction of sp³-hybridized carbons (Fsp3) is 0.778. The van der Waals surface area contributed by atoms with Crippen LogP contribution < -0.4 is 5.32 Å². The van der Waals surface area contributed by atoms with Crippen molar-refractivity contribution in [3.8, 4) is 0 Å². The molecule has 13 heavy (non-hydrogen) atoms. The molecular formula is C9H14N2O2. The van der Waals surface area contributed by atoms with Gasteiger partial charge in [0.1, 0.15) is 12.6 Å². The molecule has 72 valence electrons. The first-order chi connectivity index (χ1) is 6.38. The highest BCUT2D eigenvalue weighted by Gasteiger charge is 2.31. The molecule has 2 aliphatic heterocycles. The van der Waals surface area contributed by atoms with Crippen molar-refractivity contribution in [3.63, 3.8) is 0 Å². The van der Waals surface area contributed by atoms with Crippen molar-refractivity contribution in [1.29, 1.82) is 0 Å². The molecule has 0 aromatic heterocycles. The molecule has 0 bridgehead atoms. The highest BCUT2D eigenvalue weighted by molar-refractivity contribution is 5.82. The molecule has 2 rings (SSSR count). The van der Waals surface area contributed by atoms with E-state index in [1.165, 1.54) is 0 Å². The van der Waals surface area contributed by atoms with Crippen LogP contribution in [0.5, 0.6) is 0 Å². The molecule has 0 spiro atoms. The van der Waals surface area contributed by atoms with Gasteiger partial charge in [-0.05, 0) is 31.8 Å². The van der Waals surface area contributed by atoms with E-state index in [4.69, 9.17) is 4.74 Å². The van der Waals surface area contributed by atoms with E-state index in [-0.39, 0.29) is 12.0 Å². The zero-order chi connectivity index (χ0) is 9.10. The molecule has 2 heterocycles. The van der Waals surface area contributed by atoms with Crippen LogP contribution in [0, 0.1) is 5.92 Å². The van der Waals surface area contributed by atoms with Gasteiger partial charge in [0.25, 0.3) is 0 Å². The van der Waals surface area contributed by atoms with Gasteiger partial charge in [-0.15, -0.1) is 0 Å². The molecule has 0 saturated carbocycles. The van der Waals surface area contributed by atoms with Crippen LogP contribution in [-0.2, 0) is 9.53 Å². The third kappa shape index (κ3) is 1.88. The van der Waals surface area contributed by atoms with E-state index in [1.807, 2.05) is 0 Å². The minimum absolute atomic E-state index is 0.144. The zero-order valence-corrected chi connectivity index (χ0v) is 7.53. The van der Waals surface area contributed by atoms with Gasteiger partial charge in [-0.3, -0.25) is 4.99 Å². The minimum atomic E-state index is -0.226. The number of aliphatic imine (C=N–C) groups is 1. The van der Waals surface area contributed by atoms with Crippen LogP contribution in [0.15, 0.2) is 4.99 Å². The van der Waals surface area contributed by atoms with Gasteiger partial charge in [0.2, 0.25) is 0 Å². The van der Waals surface area contributed by atoms with Crippen molar-refractivity contribution in [3.05, 3.63) is 0 Å². The lowest BCUT2D eigenvalue weighted by molar-refractivity contribution is -0.145. The first kappa shape index (κ1) is 8.69. The van der Waals surface area contributed by atoms with Crippen LogP contribution in [0.25, 0.3) is 0 Å². The van der Waals surface area contributed by atoms with E-state index in [1.54, 1.807) is 6.21 Å². The molecule has 1 saturated heterocycles. The average molecular weight is 182 g/mol. The first-order valence-electron chi connectivity index (χ1n) is 4.77. The standard InChI is InChI=1S/C9H14N2O2/c12-9-8(11-5-6-13-9)7-1-3-10-4-2-7/h5,7-8,10H,1-4,6H2. The summed E-state index contributed by atoms with van der Waals surface area (Å²) in [5, 5.41) is 3.26. The molecule has 4 nitrogen and oxygen atoms in total. The van der Waals surface area contributed by atoms with Gasteiger partial charge in [-0.2, -0.15) is 0 Å². The van der Waals surface area contributed by atoms with Crippen molar-refractivity contribution in [2.24, 2.45) is 10.9 Å². The number of nitrogens with zero attached hydrogens (tertiary/aromatic N) is 1. The maximum absolute atomic E-state index is 11.3. The topological polar surface area (TPSA) is 50.7 Å². The third-order valence-electron chi connectivity index (χ3n) is 2.64. The van der Waals surface area contributed by atoms with E-state index in [0.717, 1.165) is 25.9 Å². The average Bonchev–Trinajstić information content (AvgIpc) is 2.20. The van der Waals surface area contributed by atoms with E-state index >= 15 is 0 Å². The fourth-order valence-corrected chi connectivity index (χ4v) is 1.90. The van der Waals surface area contributed by atoms with Crippen molar-refractivity contribution in [2.45, 2.75) is 18.9 Å². The second kappa shape index (κ2) is 3.87. The fourth-order valence-electron chi connectivity index (χ4n) is 1.90. The van der Waals surface area contributed by atoms with Gasteiger partial charge >= 0.3 is 5.97 Å². The summed E-state index contributed by atoms with van der Waals surface area (Å²) in [4.78, 5) is 15.5. The highest BCUT2D eigenvalue weighted by atomic mass is 16.5. The summed E-state index contributed by atoms with van der Waals surface area (Å²) in [5.74, 6) is 0.236. The summed E-state index contributed by atoms with van der Waals surface area (Å²) in [6.07, 6.45) is 3.75. The zero-order valence-electron chi connectivity index (χ0n) is 7.53. The second-order valence-electron chi connectivity index (χ2n) is 3.49. The normalized spacial score (nSPS) is 30.2. The molecule has 0 radical (unpaired) electrons. The number of nitrogens with one attached hydrogen (secondary N) is 1. The minimum Gasteiger partial charge on any atom is -0.458 e. The number of carbonyl (C=O) groups is 1. The first-order valence-corrected chi connectivity index (χ1v) is 4.77. The van der Waals surface area contributed by atoms with Gasteiger partial charge in [0.15, 0.2) is 0 Å². The van der Waals surface area contributed by atoms with Gasteiger partial charge in [-0.25, -0.2) is 4.79 Å². The molecule has 0 aromatic rings. The molecule has 2 aliphatic rings. The molecule has 0 aliphatic carbocycles. The Morgan fingerprint density at radius 3 is 2.92 bits per heavy atom. The molecule has 4 heteroatoms. The number of ether oxygens (including phenoxy) is 1. The summed E-state index contributed by atoms with van der Waals surface area (Å²) in [7, 11) is 0. The van der Waals surface area contributed by atoms with Crippen LogP contribution >= 0.6 is 0 Å². The predicted octanol–water partition coefficient (Wildman–Crippen LogP) is -0.0178. The van der Waals surface area contributed by atoms with Gasteiger partial charge < -0.3 is 10.1 Å². The summed E-state index contributed by atoms with van der Waals surface area (Å²) >= 11 is 0. The van der Waals surface area contributed by atoms with Crippen LogP contribution in [0.2, 0.25) is 0 Å². The predicted molar refractivity (Wildman–Crippen MR) is 48.8 cm³/mol. The number of piperidine rings is 1. The smallest absolute Gasteiger partial charge is 0.331 e. The summed E-state index contributed by atoms with van der Waals surface area (Å²) in [6.45, 7) is 2.33. The van der Waals surface area contributed by atoms with Gasteiger partial charge in [0, 0.05) is 6.21 Å². The van der Waals surface area contributed by atoms with Gasteiger partial charge in [-0.1, -0.05) is 0 Å². The van der Waals surface area contributed by atoms with Crippen molar-refractivity contribution in [1.82, 2.24) is 5.32 Å². The molecule has 1 fully saturated rings. The summed E-state index contributed by atoms with van der Waals surface area (Å²) in [5.41, 5.74) is 0. The lowest BCUT2D eigenvalue weighted by atomic mass is 9.90. The maximum atomic E-state index is 11.3. The van der Waals surface area contributed by atoms with Crippen LogP contribution in [0.3, 0.4) is 0 Å². The Hall–Kier alpha value is -0.900. The Kier molecular flexibility index (Phi) is 2.59. The summed E-state index contributed by atoms with van der Waals surface area (Å²) < 4.78 is 4.94. The Morgan fingerprint density at radius 1 is 1.46 bits per heavy atom. The molecule has 1 unspecified atom stereocenters. The van der Waals surface area contributed by atoms with Crippen molar-refractivity contribution < 1.29 is 9.53 Å². The Morgan fingerprint density at radius 2 is 2.23 bits per heavy atom. The lowest BCUT2D eigenvalue weighted by Gasteiger charge is -2.28. The van der Waals surface area contributed by atoms with Crippen LogP contribution in [0.4, 0.5) is 0 Å². The number of hydrogen-bond donors (Lipinski definition) is 1. The number of hydrogen-bond acceptors (Lipinski definition) is 4. The highest BCUT2D eigenvalue weighted by Crippen LogP contribution is 2.21. The monoisotopic (exact) mass is 182 g/mol. The van der Waals surface area contributed by atoms with Gasteiger partial charge in [0.05, 0.1) is 0 Å². The Balaban J connectivity index is 2.00. The molecule has 1 atom stereocenters. The lowest BCUT2D eigenvalue weighted by Crippen LogP contribution is -2.39. The molecule has 0 aromatic carbocycles. The molecule has 1 N–H and O–H groups in total. The number of cyclic esters (lactones) is 1. The SMILES string of the molecule is O=C1OCC=NC1C1CCNCC1. The van der Waals surface area contributed by atoms with E-state index < -0.39 is 0 Å². The molecule has 0 amide bonds. The quantitative estimate of drug-likeness (QED) is 0.580. The van der Waals surface area contributed by atoms with Crippen molar-refractivity contribution in [2.75, 3.05) is 19.7 Å². The summed E-state index contributed by atoms with van der Waals surface area (Å²) in [6, 6.07) is -0.226. The Labute approximate surface area is 77.4 Å². The van der Waals surface area contributed by atoms with E-state index in [0.29, 0.717) is 12.5 Å². The third-order valence-corrected chi connectivity index (χ3v) is 2.64. The van der Waals surface area contributed by atoms with Crippen molar-refractivity contribution >= 4 is 12.2 Å². The number of carbonyl (C=O) groups excluding carboxylic acids is 1. The van der Waals surface area contributed by atoms with Crippen LogP contribution in [-0.4, -0.2) is 37.9 Å². The number of rotatable bonds is 1. The largest absolute Gasteiger partial charge is 0.458 e. The van der Waals surface area contributed by atoms with Crippen LogP contribution in [0.1, 0.15) is 12.8 Å². The Bertz CT molecular complexity index is 222.